The Morgan fingerprint density at radius 2 is 1.80 bits per heavy atom. The van der Waals surface area contributed by atoms with E-state index in [-0.39, 0.29) is 11.6 Å². The summed E-state index contributed by atoms with van der Waals surface area (Å²) in [6, 6.07) is 2.44. The van der Waals surface area contributed by atoms with Crippen molar-refractivity contribution in [2.75, 3.05) is 12.4 Å². The van der Waals surface area contributed by atoms with Gasteiger partial charge in [-0.1, -0.05) is 0 Å². The summed E-state index contributed by atoms with van der Waals surface area (Å²) in [6.45, 7) is 1.64. The maximum atomic E-state index is 12.8. The molecule has 1 rings (SSSR count). The smallest absolute Gasteiger partial charge is 0.241 e. The average Bonchev–Trinajstić information content (AvgIpc) is 2.14. The van der Waals surface area contributed by atoms with Crippen molar-refractivity contribution in [3.05, 3.63) is 29.8 Å². The molecule has 0 aromatic heterocycles. The van der Waals surface area contributed by atoms with Gasteiger partial charge in [-0.3, -0.25) is 4.79 Å². The maximum Gasteiger partial charge on any atom is 0.241 e. The zero-order chi connectivity index (χ0) is 11.4. The first-order valence-electron chi connectivity index (χ1n) is 4.47. The van der Waals surface area contributed by atoms with Gasteiger partial charge in [0.2, 0.25) is 5.91 Å². The lowest BCUT2D eigenvalue weighted by molar-refractivity contribution is -0.117. The Hall–Kier alpha value is -1.49. The molecule has 1 amide bonds. The third-order valence-electron chi connectivity index (χ3n) is 1.96. The SMILES string of the molecule is CNC(C)C(=O)Nc1cc(F)cc(F)c1. The summed E-state index contributed by atoms with van der Waals surface area (Å²) in [5, 5.41) is 5.11. The highest BCUT2D eigenvalue weighted by molar-refractivity contribution is 5.94. The standard InChI is InChI=1S/C10H12F2N2O/c1-6(13-2)10(15)14-9-4-7(11)3-8(12)5-9/h3-6,13H,1-2H3,(H,14,15). The molecule has 0 aliphatic carbocycles. The van der Waals surface area contributed by atoms with Gasteiger partial charge in [0.15, 0.2) is 0 Å². The fourth-order valence-corrected chi connectivity index (χ4v) is 1.01. The van der Waals surface area contributed by atoms with Crippen molar-refractivity contribution < 1.29 is 13.6 Å². The van der Waals surface area contributed by atoms with E-state index in [0.29, 0.717) is 0 Å². The lowest BCUT2D eigenvalue weighted by Crippen LogP contribution is -2.35. The van der Waals surface area contributed by atoms with Crippen LogP contribution in [0.5, 0.6) is 0 Å². The second-order valence-corrected chi connectivity index (χ2v) is 3.16. The van der Waals surface area contributed by atoms with Crippen molar-refractivity contribution in [3.63, 3.8) is 0 Å². The first kappa shape index (κ1) is 11.6. The summed E-state index contributed by atoms with van der Waals surface area (Å²) in [7, 11) is 1.62. The van der Waals surface area contributed by atoms with Gasteiger partial charge in [-0.05, 0) is 26.1 Å². The number of carbonyl (C=O) groups excluding carboxylic acids is 1. The molecule has 82 valence electrons. The Kier molecular flexibility index (Phi) is 3.74. The highest BCUT2D eigenvalue weighted by atomic mass is 19.1. The molecule has 0 saturated heterocycles. The number of hydrogen-bond acceptors (Lipinski definition) is 2. The molecule has 1 unspecified atom stereocenters. The van der Waals surface area contributed by atoms with E-state index in [2.05, 4.69) is 10.6 Å². The van der Waals surface area contributed by atoms with Gasteiger partial charge in [-0.15, -0.1) is 0 Å². The van der Waals surface area contributed by atoms with Crippen LogP contribution in [0.1, 0.15) is 6.92 Å². The lowest BCUT2D eigenvalue weighted by Gasteiger charge is -2.10. The van der Waals surface area contributed by atoms with Crippen molar-refractivity contribution in [1.82, 2.24) is 5.32 Å². The normalized spacial score (nSPS) is 12.3. The molecule has 1 aromatic rings. The topological polar surface area (TPSA) is 41.1 Å². The monoisotopic (exact) mass is 214 g/mol. The van der Waals surface area contributed by atoms with Gasteiger partial charge in [0.25, 0.3) is 0 Å². The fourth-order valence-electron chi connectivity index (χ4n) is 1.01. The second-order valence-electron chi connectivity index (χ2n) is 3.16. The van der Waals surface area contributed by atoms with Crippen LogP contribution in [0.25, 0.3) is 0 Å². The molecule has 3 nitrogen and oxygen atoms in total. The van der Waals surface area contributed by atoms with E-state index in [4.69, 9.17) is 0 Å². The fraction of sp³-hybridized carbons (Fsp3) is 0.300. The van der Waals surface area contributed by atoms with E-state index in [1.807, 2.05) is 0 Å². The van der Waals surface area contributed by atoms with Crippen molar-refractivity contribution in [1.29, 1.82) is 0 Å². The molecule has 0 aliphatic heterocycles. The summed E-state index contributed by atoms with van der Waals surface area (Å²) in [6.07, 6.45) is 0. The third-order valence-corrected chi connectivity index (χ3v) is 1.96. The predicted octanol–water partition coefficient (Wildman–Crippen LogP) is 1.51. The van der Waals surface area contributed by atoms with E-state index in [1.54, 1.807) is 14.0 Å². The van der Waals surface area contributed by atoms with Crippen molar-refractivity contribution in [2.24, 2.45) is 0 Å². The van der Waals surface area contributed by atoms with Crippen molar-refractivity contribution in [3.8, 4) is 0 Å². The Labute approximate surface area is 86.5 Å². The van der Waals surface area contributed by atoms with E-state index in [0.717, 1.165) is 18.2 Å². The molecule has 0 spiro atoms. The van der Waals surface area contributed by atoms with Crippen LogP contribution in [0.2, 0.25) is 0 Å². The highest BCUT2D eigenvalue weighted by Crippen LogP contribution is 2.12. The van der Waals surface area contributed by atoms with Gasteiger partial charge in [-0.2, -0.15) is 0 Å². The highest BCUT2D eigenvalue weighted by Gasteiger charge is 2.11. The molecule has 1 atom stereocenters. The van der Waals surface area contributed by atoms with Gasteiger partial charge < -0.3 is 10.6 Å². The van der Waals surface area contributed by atoms with Crippen LogP contribution in [0.3, 0.4) is 0 Å². The van der Waals surface area contributed by atoms with Crippen molar-refractivity contribution in [2.45, 2.75) is 13.0 Å². The molecule has 0 fully saturated rings. The summed E-state index contributed by atoms with van der Waals surface area (Å²) < 4.78 is 25.5. The van der Waals surface area contributed by atoms with Crippen LogP contribution in [-0.4, -0.2) is 19.0 Å². The van der Waals surface area contributed by atoms with E-state index < -0.39 is 17.7 Å². The quantitative estimate of drug-likeness (QED) is 0.800. The Bertz CT molecular complexity index is 348. The summed E-state index contributed by atoms with van der Waals surface area (Å²) in [5.41, 5.74) is 0.111. The molecular weight excluding hydrogens is 202 g/mol. The number of benzene rings is 1. The van der Waals surface area contributed by atoms with Gasteiger partial charge in [0.05, 0.1) is 6.04 Å². The van der Waals surface area contributed by atoms with E-state index in [9.17, 15) is 13.6 Å². The second kappa shape index (κ2) is 4.84. The van der Waals surface area contributed by atoms with E-state index >= 15 is 0 Å². The molecule has 0 aliphatic rings. The minimum atomic E-state index is -0.720. The van der Waals surface area contributed by atoms with Crippen LogP contribution in [0, 0.1) is 11.6 Å². The average molecular weight is 214 g/mol. The number of rotatable bonds is 3. The third kappa shape index (κ3) is 3.28. The largest absolute Gasteiger partial charge is 0.325 e. The Morgan fingerprint density at radius 3 is 2.27 bits per heavy atom. The van der Waals surface area contributed by atoms with Crippen LogP contribution in [0.4, 0.5) is 14.5 Å². The number of carbonyl (C=O) groups is 1. The Balaban J connectivity index is 2.76. The number of halogens is 2. The van der Waals surface area contributed by atoms with Gasteiger partial charge in [0.1, 0.15) is 11.6 Å². The molecule has 0 bridgehead atoms. The summed E-state index contributed by atoms with van der Waals surface area (Å²) in [4.78, 5) is 11.3. The van der Waals surface area contributed by atoms with Gasteiger partial charge in [-0.25, -0.2) is 8.78 Å². The molecule has 2 N–H and O–H groups in total. The number of hydrogen-bond donors (Lipinski definition) is 2. The molecule has 0 heterocycles. The van der Waals surface area contributed by atoms with Crippen LogP contribution >= 0.6 is 0 Å². The zero-order valence-corrected chi connectivity index (χ0v) is 8.47. The minimum absolute atomic E-state index is 0.111. The Morgan fingerprint density at radius 1 is 1.27 bits per heavy atom. The number of anilines is 1. The number of amides is 1. The summed E-state index contributed by atoms with van der Waals surface area (Å²) in [5.74, 6) is -1.78. The molecule has 5 heteroatoms. The van der Waals surface area contributed by atoms with Gasteiger partial charge >= 0.3 is 0 Å². The number of nitrogens with one attached hydrogen (secondary N) is 2. The molecule has 1 aromatic carbocycles. The molecule has 0 radical (unpaired) electrons. The first-order chi connectivity index (χ1) is 7.02. The van der Waals surface area contributed by atoms with Gasteiger partial charge in [0, 0.05) is 11.8 Å². The van der Waals surface area contributed by atoms with Crippen LogP contribution < -0.4 is 10.6 Å². The predicted molar refractivity (Wildman–Crippen MR) is 53.5 cm³/mol. The van der Waals surface area contributed by atoms with E-state index in [1.165, 1.54) is 0 Å². The molecule has 15 heavy (non-hydrogen) atoms. The maximum absolute atomic E-state index is 12.8. The molecule has 0 saturated carbocycles. The lowest BCUT2D eigenvalue weighted by atomic mass is 10.2. The zero-order valence-electron chi connectivity index (χ0n) is 8.47. The first-order valence-corrected chi connectivity index (χ1v) is 4.47. The van der Waals surface area contributed by atoms with Crippen LogP contribution in [-0.2, 0) is 4.79 Å². The molecular formula is C10H12F2N2O. The number of likely N-dealkylation sites (N-methyl/N-ethyl adjacent to an activating group) is 1. The minimum Gasteiger partial charge on any atom is -0.325 e. The summed E-state index contributed by atoms with van der Waals surface area (Å²) >= 11 is 0. The van der Waals surface area contributed by atoms with Crippen molar-refractivity contribution >= 4 is 11.6 Å². The van der Waals surface area contributed by atoms with Crippen LogP contribution in [0.15, 0.2) is 18.2 Å².